The monoisotopic (exact) mass is 301 g/mol. The molecule has 96 valence electrons. The fourth-order valence-corrected chi connectivity index (χ4v) is 2.95. The van der Waals surface area contributed by atoms with Crippen molar-refractivity contribution in [1.29, 1.82) is 0 Å². The lowest BCUT2D eigenvalue weighted by atomic mass is 10.0. The topological polar surface area (TPSA) is 34.4 Å². The SMILES string of the molecule is CNC(CCCC1CCCO1)c1ccoc1Br. The van der Waals surface area contributed by atoms with E-state index in [1.165, 1.54) is 31.2 Å². The highest BCUT2D eigenvalue weighted by atomic mass is 79.9. The van der Waals surface area contributed by atoms with E-state index in [4.69, 9.17) is 9.15 Å². The second-order valence-corrected chi connectivity index (χ2v) is 5.28. The lowest BCUT2D eigenvalue weighted by Gasteiger charge is -2.16. The van der Waals surface area contributed by atoms with Gasteiger partial charge in [0.25, 0.3) is 0 Å². The van der Waals surface area contributed by atoms with Crippen molar-refractivity contribution < 1.29 is 9.15 Å². The number of nitrogens with one attached hydrogen (secondary N) is 1. The van der Waals surface area contributed by atoms with Gasteiger partial charge in [-0.25, -0.2) is 0 Å². The molecule has 0 amide bonds. The van der Waals surface area contributed by atoms with Crippen molar-refractivity contribution >= 4 is 15.9 Å². The maximum Gasteiger partial charge on any atom is 0.173 e. The summed E-state index contributed by atoms with van der Waals surface area (Å²) in [6.07, 6.45) is 8.17. The summed E-state index contributed by atoms with van der Waals surface area (Å²) in [6, 6.07) is 2.39. The van der Waals surface area contributed by atoms with Crippen molar-refractivity contribution in [3.05, 3.63) is 22.6 Å². The van der Waals surface area contributed by atoms with Gasteiger partial charge in [0, 0.05) is 18.2 Å². The number of hydrogen-bond donors (Lipinski definition) is 1. The molecule has 17 heavy (non-hydrogen) atoms. The largest absolute Gasteiger partial charge is 0.457 e. The Kier molecular flexibility index (Phi) is 5.07. The summed E-state index contributed by atoms with van der Waals surface area (Å²) in [6.45, 7) is 0.952. The molecular formula is C13H20BrNO2. The van der Waals surface area contributed by atoms with Crippen LogP contribution in [0.2, 0.25) is 0 Å². The maximum atomic E-state index is 5.63. The van der Waals surface area contributed by atoms with Crippen molar-refractivity contribution in [2.24, 2.45) is 0 Å². The molecule has 1 aromatic rings. The molecular weight excluding hydrogens is 282 g/mol. The van der Waals surface area contributed by atoms with Gasteiger partial charge in [-0.05, 0) is 61.1 Å². The van der Waals surface area contributed by atoms with Gasteiger partial charge >= 0.3 is 0 Å². The molecule has 0 aromatic carbocycles. The van der Waals surface area contributed by atoms with E-state index in [2.05, 4.69) is 21.2 Å². The van der Waals surface area contributed by atoms with Crippen molar-refractivity contribution in [3.63, 3.8) is 0 Å². The van der Waals surface area contributed by atoms with Crippen molar-refractivity contribution in [1.82, 2.24) is 5.32 Å². The van der Waals surface area contributed by atoms with Crippen LogP contribution in [0.4, 0.5) is 0 Å². The van der Waals surface area contributed by atoms with E-state index in [1.807, 2.05) is 13.1 Å². The summed E-state index contributed by atoms with van der Waals surface area (Å²) in [5.74, 6) is 0. The zero-order chi connectivity index (χ0) is 12.1. The van der Waals surface area contributed by atoms with Crippen LogP contribution in [0.1, 0.15) is 43.7 Å². The predicted molar refractivity (Wildman–Crippen MR) is 71.0 cm³/mol. The van der Waals surface area contributed by atoms with Crippen LogP contribution in [0, 0.1) is 0 Å². The Morgan fingerprint density at radius 3 is 3.06 bits per heavy atom. The van der Waals surface area contributed by atoms with E-state index in [0.29, 0.717) is 12.1 Å². The average Bonchev–Trinajstić information content (AvgIpc) is 2.96. The number of furan rings is 1. The van der Waals surface area contributed by atoms with Crippen molar-refractivity contribution in [2.45, 2.75) is 44.2 Å². The first kappa shape index (κ1) is 13.1. The van der Waals surface area contributed by atoms with Crippen LogP contribution in [0.25, 0.3) is 0 Å². The second-order valence-electron chi connectivity index (χ2n) is 4.56. The molecule has 1 aliphatic heterocycles. The van der Waals surface area contributed by atoms with E-state index in [1.54, 1.807) is 6.26 Å². The molecule has 1 aliphatic rings. The molecule has 0 aliphatic carbocycles. The van der Waals surface area contributed by atoms with Crippen molar-refractivity contribution in [2.75, 3.05) is 13.7 Å². The zero-order valence-electron chi connectivity index (χ0n) is 10.2. The molecule has 4 heteroatoms. The van der Waals surface area contributed by atoms with E-state index in [-0.39, 0.29) is 0 Å². The summed E-state index contributed by atoms with van der Waals surface area (Å²) in [5.41, 5.74) is 1.21. The first-order valence-corrected chi connectivity index (χ1v) is 7.12. The van der Waals surface area contributed by atoms with E-state index in [9.17, 15) is 0 Å². The van der Waals surface area contributed by atoms with Gasteiger partial charge in [-0.15, -0.1) is 0 Å². The quantitative estimate of drug-likeness (QED) is 0.871. The van der Waals surface area contributed by atoms with Crippen LogP contribution < -0.4 is 5.32 Å². The molecule has 0 saturated carbocycles. The summed E-state index contributed by atoms with van der Waals surface area (Å²) in [7, 11) is 2.00. The lowest BCUT2D eigenvalue weighted by Crippen LogP contribution is -2.17. The van der Waals surface area contributed by atoms with E-state index < -0.39 is 0 Å². The first-order chi connectivity index (χ1) is 8.31. The molecule has 1 aromatic heterocycles. The standard InChI is InChI=1S/C13H20BrNO2/c1-15-12(11-7-9-17-13(11)14)6-2-4-10-5-3-8-16-10/h7,9-10,12,15H,2-6,8H2,1H3. The highest BCUT2D eigenvalue weighted by molar-refractivity contribution is 9.10. The molecule has 2 rings (SSSR count). The summed E-state index contributed by atoms with van der Waals surface area (Å²) >= 11 is 3.43. The summed E-state index contributed by atoms with van der Waals surface area (Å²) < 4.78 is 11.8. The van der Waals surface area contributed by atoms with Gasteiger partial charge in [-0.2, -0.15) is 0 Å². The molecule has 1 saturated heterocycles. The van der Waals surface area contributed by atoms with E-state index in [0.717, 1.165) is 17.7 Å². The number of ether oxygens (including phenoxy) is 1. The average molecular weight is 302 g/mol. The molecule has 3 nitrogen and oxygen atoms in total. The summed E-state index contributed by atoms with van der Waals surface area (Å²) in [5, 5.41) is 3.34. The Balaban J connectivity index is 1.77. The van der Waals surface area contributed by atoms with Gasteiger partial charge in [-0.3, -0.25) is 0 Å². The molecule has 2 heterocycles. The molecule has 1 N–H and O–H groups in total. The van der Waals surface area contributed by atoms with Crippen LogP contribution in [0.3, 0.4) is 0 Å². The van der Waals surface area contributed by atoms with Gasteiger partial charge in [0.05, 0.1) is 12.4 Å². The lowest BCUT2D eigenvalue weighted by molar-refractivity contribution is 0.101. The highest BCUT2D eigenvalue weighted by Crippen LogP contribution is 2.28. The number of hydrogen-bond acceptors (Lipinski definition) is 3. The molecule has 1 fully saturated rings. The molecule has 2 unspecified atom stereocenters. The van der Waals surface area contributed by atoms with Gasteiger partial charge in [-0.1, -0.05) is 0 Å². The van der Waals surface area contributed by atoms with Crippen molar-refractivity contribution in [3.8, 4) is 0 Å². The molecule has 0 spiro atoms. The zero-order valence-corrected chi connectivity index (χ0v) is 11.8. The Morgan fingerprint density at radius 2 is 2.47 bits per heavy atom. The smallest absolute Gasteiger partial charge is 0.173 e. The molecule has 0 bridgehead atoms. The highest BCUT2D eigenvalue weighted by Gasteiger charge is 2.18. The van der Waals surface area contributed by atoms with Gasteiger partial charge < -0.3 is 14.5 Å². The Morgan fingerprint density at radius 1 is 1.59 bits per heavy atom. The third kappa shape index (κ3) is 3.57. The Labute approximate surface area is 111 Å². The number of rotatable bonds is 6. The minimum atomic E-state index is 0.365. The van der Waals surface area contributed by atoms with Crippen LogP contribution in [-0.2, 0) is 4.74 Å². The van der Waals surface area contributed by atoms with Crippen LogP contribution in [0.15, 0.2) is 21.4 Å². The Hall–Kier alpha value is -0.320. The van der Waals surface area contributed by atoms with E-state index >= 15 is 0 Å². The first-order valence-electron chi connectivity index (χ1n) is 6.33. The molecule has 2 atom stereocenters. The minimum Gasteiger partial charge on any atom is -0.457 e. The maximum absolute atomic E-state index is 5.63. The predicted octanol–water partition coefficient (Wildman–Crippen LogP) is 3.65. The van der Waals surface area contributed by atoms with Gasteiger partial charge in [0.15, 0.2) is 4.67 Å². The molecule has 0 radical (unpaired) electrons. The van der Waals surface area contributed by atoms with Crippen LogP contribution in [-0.4, -0.2) is 19.8 Å². The van der Waals surface area contributed by atoms with Gasteiger partial charge in [0.1, 0.15) is 0 Å². The third-order valence-corrected chi connectivity index (χ3v) is 4.06. The Bertz CT molecular complexity index is 334. The van der Waals surface area contributed by atoms with Gasteiger partial charge in [0.2, 0.25) is 0 Å². The fourth-order valence-electron chi connectivity index (χ4n) is 2.43. The van der Waals surface area contributed by atoms with Crippen LogP contribution >= 0.6 is 15.9 Å². The second kappa shape index (κ2) is 6.57. The minimum absolute atomic E-state index is 0.365. The summed E-state index contributed by atoms with van der Waals surface area (Å²) in [4.78, 5) is 0. The number of halogens is 1. The third-order valence-electron chi connectivity index (χ3n) is 3.41. The normalized spacial score (nSPS) is 21.9. The van der Waals surface area contributed by atoms with Crippen LogP contribution in [0.5, 0.6) is 0 Å². The fraction of sp³-hybridized carbons (Fsp3) is 0.692.